The molecule has 58 heavy (non-hydrogen) atoms. The van der Waals surface area contributed by atoms with Crippen molar-refractivity contribution >= 4 is 22.6 Å². The van der Waals surface area contributed by atoms with Gasteiger partial charge in [-0.2, -0.15) is 0 Å². The molecule has 278 valence electrons. The van der Waals surface area contributed by atoms with E-state index in [4.69, 9.17) is 4.74 Å². The summed E-state index contributed by atoms with van der Waals surface area (Å²) in [5.74, 6) is 1.57. The summed E-state index contributed by atoms with van der Waals surface area (Å²) in [7, 11) is 0. The van der Waals surface area contributed by atoms with Crippen molar-refractivity contribution in [3.8, 4) is 5.75 Å². The first kappa shape index (κ1) is 33.5. The lowest BCUT2D eigenvalue weighted by Crippen LogP contribution is -2.49. The van der Waals surface area contributed by atoms with Crippen LogP contribution in [-0.4, -0.2) is 6.10 Å². The van der Waals surface area contributed by atoms with Crippen LogP contribution in [0.2, 0.25) is 0 Å². The first-order chi connectivity index (χ1) is 28.8. The Kier molecular flexibility index (Phi) is 7.48. The van der Waals surface area contributed by atoms with E-state index in [1.807, 2.05) is 0 Å². The van der Waals surface area contributed by atoms with Crippen molar-refractivity contribution in [2.45, 2.75) is 35.7 Å². The fourth-order valence-corrected chi connectivity index (χ4v) is 11.9. The fraction of sp³-hybridized carbons (Fsp3) is 0.143. The highest BCUT2D eigenvalue weighted by atomic mass is 16.5. The molecule has 6 aromatic rings. The Balaban J connectivity index is 1.20. The summed E-state index contributed by atoms with van der Waals surface area (Å²) in [6, 6.07) is 55.1. The van der Waals surface area contributed by atoms with Crippen molar-refractivity contribution in [1.82, 2.24) is 0 Å². The summed E-state index contributed by atoms with van der Waals surface area (Å²) in [6.45, 7) is 0. The van der Waals surface area contributed by atoms with Crippen LogP contribution < -0.4 is 9.64 Å². The number of anilines is 3. The zero-order valence-electron chi connectivity index (χ0n) is 32.3. The first-order valence-corrected chi connectivity index (χ1v) is 20.9. The Morgan fingerprint density at radius 2 is 1.19 bits per heavy atom. The second-order valence-corrected chi connectivity index (χ2v) is 16.5. The molecule has 0 amide bonds. The van der Waals surface area contributed by atoms with E-state index in [0.717, 1.165) is 35.7 Å². The van der Waals surface area contributed by atoms with E-state index in [9.17, 15) is 0 Å². The van der Waals surface area contributed by atoms with Crippen LogP contribution in [0.4, 0.5) is 17.1 Å². The van der Waals surface area contributed by atoms with E-state index in [1.54, 1.807) is 0 Å². The molecule has 0 bridgehead atoms. The lowest BCUT2D eigenvalue weighted by atomic mass is 9.48. The zero-order valence-corrected chi connectivity index (χ0v) is 32.3. The molecule has 5 aliphatic carbocycles. The molecule has 6 atom stereocenters. The van der Waals surface area contributed by atoms with Crippen LogP contribution in [0.15, 0.2) is 212 Å². The number of benzene rings is 6. The van der Waals surface area contributed by atoms with Crippen LogP contribution in [0.25, 0.3) is 5.57 Å². The molecule has 1 aliphatic heterocycles. The number of allylic oxidation sites excluding steroid dienone is 10. The second-order valence-electron chi connectivity index (χ2n) is 16.5. The smallest absolute Gasteiger partial charge is 0.148 e. The van der Waals surface area contributed by atoms with Crippen molar-refractivity contribution in [2.24, 2.45) is 11.8 Å². The Morgan fingerprint density at radius 3 is 2.02 bits per heavy atom. The van der Waals surface area contributed by atoms with Gasteiger partial charge in [0.15, 0.2) is 0 Å². The maximum Gasteiger partial charge on any atom is 0.148 e. The lowest BCUT2D eigenvalue weighted by Gasteiger charge is -2.54. The van der Waals surface area contributed by atoms with Gasteiger partial charge in [-0.15, -0.1) is 0 Å². The van der Waals surface area contributed by atoms with E-state index in [2.05, 4.69) is 217 Å². The predicted octanol–water partition coefficient (Wildman–Crippen LogP) is 13.2. The number of fused-ring (bicyclic) bond motifs is 8. The highest BCUT2D eigenvalue weighted by Gasteiger charge is 2.61. The molecule has 0 aromatic heterocycles. The van der Waals surface area contributed by atoms with Gasteiger partial charge in [0.25, 0.3) is 0 Å². The predicted molar refractivity (Wildman–Crippen MR) is 237 cm³/mol. The highest BCUT2D eigenvalue weighted by molar-refractivity contribution is 5.91. The summed E-state index contributed by atoms with van der Waals surface area (Å²) in [4.78, 5) is 2.49. The maximum absolute atomic E-state index is 6.95. The normalized spacial score (nSPS) is 26.2. The average Bonchev–Trinajstić information content (AvgIpc) is 3.84. The summed E-state index contributed by atoms with van der Waals surface area (Å²) in [5, 5.41) is 0. The van der Waals surface area contributed by atoms with Crippen LogP contribution in [0.5, 0.6) is 5.75 Å². The summed E-state index contributed by atoms with van der Waals surface area (Å²) in [6.07, 6.45) is 27.1. The molecule has 6 unspecified atom stereocenters. The quantitative estimate of drug-likeness (QED) is 0.168. The van der Waals surface area contributed by atoms with Crippen LogP contribution in [0.1, 0.15) is 63.3 Å². The third-order valence-electron chi connectivity index (χ3n) is 14.0. The van der Waals surface area contributed by atoms with E-state index >= 15 is 0 Å². The number of hydrogen-bond acceptors (Lipinski definition) is 2. The van der Waals surface area contributed by atoms with Crippen molar-refractivity contribution < 1.29 is 4.74 Å². The van der Waals surface area contributed by atoms with Crippen molar-refractivity contribution in [3.05, 3.63) is 257 Å². The number of ether oxygens (including phenoxy) is 1. The number of nitrogens with zero attached hydrogens (tertiary/aromatic N) is 1. The minimum Gasteiger partial charge on any atom is -0.483 e. The highest BCUT2D eigenvalue weighted by Crippen LogP contribution is 2.69. The Morgan fingerprint density at radius 1 is 0.517 bits per heavy atom. The minimum absolute atomic E-state index is 0.0184. The third-order valence-corrected chi connectivity index (χ3v) is 14.0. The van der Waals surface area contributed by atoms with Gasteiger partial charge in [-0.05, 0) is 93.6 Å². The van der Waals surface area contributed by atoms with Crippen molar-refractivity contribution in [1.29, 1.82) is 0 Å². The fourth-order valence-electron chi connectivity index (χ4n) is 11.9. The van der Waals surface area contributed by atoms with Crippen LogP contribution in [-0.2, 0) is 10.8 Å². The molecule has 0 radical (unpaired) electrons. The molecule has 0 saturated carbocycles. The van der Waals surface area contributed by atoms with Gasteiger partial charge in [0.05, 0.1) is 22.2 Å². The molecular formula is C56H43NO. The number of para-hydroxylation sites is 3. The standard InChI is InChI=1S/C56H43NO/c1-4-20-38(21-5-1)55(46-31-13-14-32-47(46)56(39-22-6-2-7-23-39)45-30-12-10-26-41(45)43-28-18-34-49(55)53(43)56)48-33-15-16-35-50(48)57(40-24-8-3-9-25-40)51-36-19-29-44-42-27-11-17-37-52(42)58-54(44)51/h1-20,22-29,31-38,42,45,52H,21,30H2. The molecule has 2 nitrogen and oxygen atoms in total. The third kappa shape index (κ3) is 4.43. The summed E-state index contributed by atoms with van der Waals surface area (Å²) >= 11 is 0. The molecule has 12 rings (SSSR count). The second kappa shape index (κ2) is 12.9. The van der Waals surface area contributed by atoms with Gasteiger partial charge in [0, 0.05) is 23.1 Å². The van der Waals surface area contributed by atoms with E-state index in [0.29, 0.717) is 0 Å². The minimum atomic E-state index is -0.551. The molecule has 2 heteroatoms. The SMILES string of the molecule is C1=CCC(C2(c3ccccc3N(c3ccccc3)c3cccc4c3OC3C=CC=CC43)c3ccccc3C3(c4ccccc4)c4c(cccc42)C2=CC=CCC23)C=C1. The van der Waals surface area contributed by atoms with Crippen molar-refractivity contribution in [2.75, 3.05) is 4.90 Å². The monoisotopic (exact) mass is 745 g/mol. The largest absolute Gasteiger partial charge is 0.483 e. The lowest BCUT2D eigenvalue weighted by molar-refractivity contribution is 0.269. The van der Waals surface area contributed by atoms with Crippen LogP contribution in [0.3, 0.4) is 0 Å². The van der Waals surface area contributed by atoms with E-state index < -0.39 is 5.41 Å². The molecule has 1 heterocycles. The van der Waals surface area contributed by atoms with Crippen molar-refractivity contribution in [3.63, 3.8) is 0 Å². The van der Waals surface area contributed by atoms with Gasteiger partial charge in [0.2, 0.25) is 0 Å². The van der Waals surface area contributed by atoms with Crippen LogP contribution in [0, 0.1) is 11.8 Å². The van der Waals surface area contributed by atoms with Gasteiger partial charge in [-0.25, -0.2) is 0 Å². The Labute approximate surface area is 341 Å². The number of hydrogen-bond donors (Lipinski definition) is 0. The topological polar surface area (TPSA) is 12.5 Å². The van der Waals surface area contributed by atoms with Gasteiger partial charge in [0.1, 0.15) is 11.9 Å². The van der Waals surface area contributed by atoms with Gasteiger partial charge in [-0.1, -0.05) is 182 Å². The van der Waals surface area contributed by atoms with Crippen LogP contribution >= 0.6 is 0 Å². The molecule has 6 aliphatic rings. The molecule has 0 fully saturated rings. The zero-order chi connectivity index (χ0) is 38.3. The molecule has 0 spiro atoms. The first-order valence-electron chi connectivity index (χ1n) is 20.9. The van der Waals surface area contributed by atoms with E-state index in [-0.39, 0.29) is 29.3 Å². The number of rotatable bonds is 6. The molecule has 0 saturated heterocycles. The Bertz CT molecular complexity index is 2800. The average molecular weight is 746 g/mol. The summed E-state index contributed by atoms with van der Waals surface area (Å²) < 4.78 is 6.95. The van der Waals surface area contributed by atoms with Gasteiger partial charge >= 0.3 is 0 Å². The molecule has 6 aromatic carbocycles. The molecular weight excluding hydrogens is 703 g/mol. The Hall–Kier alpha value is -6.64. The van der Waals surface area contributed by atoms with Gasteiger partial charge < -0.3 is 9.64 Å². The van der Waals surface area contributed by atoms with Gasteiger partial charge in [-0.3, -0.25) is 0 Å². The maximum atomic E-state index is 6.95. The van der Waals surface area contributed by atoms with E-state index in [1.165, 1.54) is 50.1 Å². The summed E-state index contributed by atoms with van der Waals surface area (Å²) in [5.41, 5.74) is 14.8. The molecule has 0 N–H and O–H groups in total.